The van der Waals surface area contributed by atoms with Crippen LogP contribution in [0.4, 0.5) is 0 Å². The molecule has 1 aromatic carbocycles. The first-order chi connectivity index (χ1) is 14.3. The van der Waals surface area contributed by atoms with Crippen molar-refractivity contribution >= 4 is 10.9 Å². The quantitative estimate of drug-likeness (QED) is 0.685. The molecule has 3 heterocycles. The molecule has 1 fully saturated rings. The molecule has 0 saturated carbocycles. The van der Waals surface area contributed by atoms with E-state index in [1.54, 1.807) is 18.5 Å². The average Bonchev–Trinajstić information content (AvgIpc) is 2.78. The van der Waals surface area contributed by atoms with E-state index in [0.29, 0.717) is 12.6 Å². The zero-order valence-corrected chi connectivity index (χ0v) is 16.6. The third kappa shape index (κ3) is 5.11. The van der Waals surface area contributed by atoms with E-state index >= 15 is 0 Å². The van der Waals surface area contributed by atoms with Crippen LogP contribution in [0, 0.1) is 11.8 Å². The fourth-order valence-corrected chi connectivity index (χ4v) is 3.83. The second-order valence-electron chi connectivity index (χ2n) is 7.42. The number of rotatable bonds is 5. The van der Waals surface area contributed by atoms with Crippen LogP contribution >= 0.6 is 0 Å². The Kier molecular flexibility index (Phi) is 6.35. The van der Waals surface area contributed by atoms with E-state index in [2.05, 4.69) is 27.0 Å². The molecule has 148 valence electrons. The van der Waals surface area contributed by atoms with Gasteiger partial charge in [-0.3, -0.25) is 9.78 Å². The van der Waals surface area contributed by atoms with Crippen molar-refractivity contribution in [2.24, 2.45) is 0 Å². The Morgan fingerprint density at radius 2 is 1.86 bits per heavy atom. The third-order valence-electron chi connectivity index (χ3n) is 5.51. The lowest BCUT2D eigenvalue weighted by molar-refractivity contribution is 0.194. The van der Waals surface area contributed by atoms with Crippen molar-refractivity contribution in [3.63, 3.8) is 0 Å². The van der Waals surface area contributed by atoms with Gasteiger partial charge in [-0.1, -0.05) is 30.0 Å². The molecule has 3 aromatic rings. The molecule has 1 aliphatic rings. The molecule has 5 heteroatoms. The fourth-order valence-electron chi connectivity index (χ4n) is 3.83. The number of pyridine rings is 2. The van der Waals surface area contributed by atoms with Crippen molar-refractivity contribution < 1.29 is 0 Å². The summed E-state index contributed by atoms with van der Waals surface area (Å²) in [5.41, 5.74) is 2.01. The van der Waals surface area contributed by atoms with Gasteiger partial charge in [0.2, 0.25) is 0 Å². The number of hydrogen-bond acceptors (Lipinski definition) is 4. The van der Waals surface area contributed by atoms with E-state index in [1.807, 2.05) is 47.0 Å². The van der Waals surface area contributed by atoms with E-state index in [4.69, 9.17) is 0 Å². The number of piperidine rings is 1. The molecule has 4 rings (SSSR count). The van der Waals surface area contributed by atoms with E-state index in [9.17, 15) is 4.79 Å². The molecule has 1 aliphatic heterocycles. The van der Waals surface area contributed by atoms with Gasteiger partial charge in [0.15, 0.2) is 0 Å². The van der Waals surface area contributed by atoms with Crippen LogP contribution in [-0.4, -0.2) is 46.7 Å². The van der Waals surface area contributed by atoms with Gasteiger partial charge in [0.25, 0.3) is 5.56 Å². The Hall–Kier alpha value is -2.94. The number of aromatic nitrogens is 2. The minimum Gasteiger partial charge on any atom is -0.305 e. The normalized spacial score (nSPS) is 15.2. The Bertz CT molecular complexity index is 1060. The van der Waals surface area contributed by atoms with Gasteiger partial charge in [-0.25, -0.2) is 0 Å². The van der Waals surface area contributed by atoms with Crippen LogP contribution < -0.4 is 10.9 Å². The maximum atomic E-state index is 12.3. The summed E-state index contributed by atoms with van der Waals surface area (Å²) in [6.45, 7) is 4.39. The summed E-state index contributed by atoms with van der Waals surface area (Å²) in [6, 6.07) is 16.1. The highest BCUT2D eigenvalue weighted by Gasteiger charge is 2.18. The highest BCUT2D eigenvalue weighted by molar-refractivity contribution is 5.77. The zero-order chi connectivity index (χ0) is 19.9. The maximum absolute atomic E-state index is 12.3. The van der Waals surface area contributed by atoms with Crippen molar-refractivity contribution in [3.8, 4) is 11.8 Å². The van der Waals surface area contributed by atoms with Crippen molar-refractivity contribution in [1.82, 2.24) is 19.8 Å². The molecule has 0 unspecified atom stereocenters. The Morgan fingerprint density at radius 3 is 2.69 bits per heavy atom. The van der Waals surface area contributed by atoms with Gasteiger partial charge in [0.1, 0.15) is 0 Å². The summed E-state index contributed by atoms with van der Waals surface area (Å²) in [5, 5.41) is 4.61. The second kappa shape index (κ2) is 9.51. The molecule has 5 nitrogen and oxygen atoms in total. The molecule has 2 aromatic heterocycles. The highest BCUT2D eigenvalue weighted by atomic mass is 16.1. The molecule has 0 amide bonds. The first kappa shape index (κ1) is 19.4. The second-order valence-corrected chi connectivity index (χ2v) is 7.42. The van der Waals surface area contributed by atoms with E-state index in [0.717, 1.165) is 55.5 Å². The molecule has 0 spiro atoms. The molecular formula is C24H26N4O. The van der Waals surface area contributed by atoms with Crippen LogP contribution in [0.2, 0.25) is 0 Å². The lowest BCUT2D eigenvalue weighted by Crippen LogP contribution is -2.44. The van der Waals surface area contributed by atoms with E-state index in [1.165, 1.54) is 0 Å². The van der Waals surface area contributed by atoms with Crippen LogP contribution in [-0.2, 0) is 6.54 Å². The molecular weight excluding hydrogens is 360 g/mol. The number of nitrogens with zero attached hydrogens (tertiary/aromatic N) is 3. The predicted octanol–water partition coefficient (Wildman–Crippen LogP) is 2.50. The van der Waals surface area contributed by atoms with Gasteiger partial charge in [-0.15, -0.1) is 0 Å². The average molecular weight is 386 g/mol. The van der Waals surface area contributed by atoms with Crippen LogP contribution in [0.3, 0.4) is 0 Å². The highest BCUT2D eigenvalue weighted by Crippen LogP contribution is 2.12. The summed E-state index contributed by atoms with van der Waals surface area (Å²) in [5.74, 6) is 6.40. The lowest BCUT2D eigenvalue weighted by Gasteiger charge is -2.32. The van der Waals surface area contributed by atoms with Gasteiger partial charge >= 0.3 is 0 Å². The van der Waals surface area contributed by atoms with Gasteiger partial charge in [0, 0.05) is 42.3 Å². The predicted molar refractivity (Wildman–Crippen MR) is 117 cm³/mol. The Balaban J connectivity index is 1.24. The monoisotopic (exact) mass is 386 g/mol. The van der Waals surface area contributed by atoms with Crippen molar-refractivity contribution in [2.75, 3.05) is 26.2 Å². The number of benzene rings is 1. The van der Waals surface area contributed by atoms with Crippen LogP contribution in [0.15, 0.2) is 65.7 Å². The molecule has 1 N–H and O–H groups in total. The Morgan fingerprint density at radius 1 is 1.03 bits per heavy atom. The smallest absolute Gasteiger partial charge is 0.251 e. The van der Waals surface area contributed by atoms with Gasteiger partial charge in [-0.2, -0.15) is 0 Å². The zero-order valence-electron chi connectivity index (χ0n) is 16.6. The molecule has 1 saturated heterocycles. The van der Waals surface area contributed by atoms with Crippen LogP contribution in [0.25, 0.3) is 10.9 Å². The first-order valence-corrected chi connectivity index (χ1v) is 10.2. The topological polar surface area (TPSA) is 50.2 Å². The molecule has 0 atom stereocenters. The number of hydrogen-bond donors (Lipinski definition) is 1. The summed E-state index contributed by atoms with van der Waals surface area (Å²) in [7, 11) is 0. The summed E-state index contributed by atoms with van der Waals surface area (Å²) >= 11 is 0. The number of nitrogens with one attached hydrogen (secondary N) is 1. The molecule has 29 heavy (non-hydrogen) atoms. The summed E-state index contributed by atoms with van der Waals surface area (Å²) in [4.78, 5) is 18.9. The number of fused-ring (bicyclic) bond motifs is 1. The van der Waals surface area contributed by atoms with Crippen molar-refractivity contribution in [3.05, 3.63) is 76.8 Å². The molecule has 0 aliphatic carbocycles. The SMILES string of the molecule is O=c1ccc2ccncc2n1CCN1CCC(NCC#Cc2ccccc2)CC1. The van der Waals surface area contributed by atoms with Gasteiger partial charge in [-0.05, 0) is 50.2 Å². The van der Waals surface area contributed by atoms with Gasteiger partial charge < -0.3 is 14.8 Å². The van der Waals surface area contributed by atoms with Crippen molar-refractivity contribution in [2.45, 2.75) is 25.4 Å². The van der Waals surface area contributed by atoms with Gasteiger partial charge in [0.05, 0.1) is 18.3 Å². The molecule has 0 bridgehead atoms. The van der Waals surface area contributed by atoms with Crippen molar-refractivity contribution in [1.29, 1.82) is 0 Å². The summed E-state index contributed by atoms with van der Waals surface area (Å²) in [6.07, 6.45) is 5.76. The Labute approximate surface area is 171 Å². The van der Waals surface area contributed by atoms with Crippen LogP contribution in [0.5, 0.6) is 0 Å². The van der Waals surface area contributed by atoms with Crippen LogP contribution in [0.1, 0.15) is 18.4 Å². The standard InChI is InChI=1S/C24H26N4O/c29-24-9-8-21-10-14-25-19-23(21)28(24)18-17-27-15-11-22(12-16-27)26-13-4-7-20-5-2-1-3-6-20/h1-3,5-6,8-10,14,19,22,26H,11-13,15-18H2. The number of likely N-dealkylation sites (tertiary alicyclic amines) is 1. The molecule has 0 radical (unpaired) electrons. The minimum atomic E-state index is 0.0408. The first-order valence-electron chi connectivity index (χ1n) is 10.2. The summed E-state index contributed by atoms with van der Waals surface area (Å²) < 4.78 is 1.84. The third-order valence-corrected chi connectivity index (χ3v) is 5.51. The largest absolute Gasteiger partial charge is 0.305 e. The minimum absolute atomic E-state index is 0.0408. The van der Waals surface area contributed by atoms with E-state index < -0.39 is 0 Å². The van der Waals surface area contributed by atoms with E-state index in [-0.39, 0.29) is 5.56 Å². The maximum Gasteiger partial charge on any atom is 0.251 e. The lowest BCUT2D eigenvalue weighted by atomic mass is 10.1. The fraction of sp³-hybridized carbons (Fsp3) is 0.333.